The summed E-state index contributed by atoms with van der Waals surface area (Å²) >= 11 is 0. The first kappa shape index (κ1) is 21.3. The van der Waals surface area contributed by atoms with Crippen LogP contribution in [0.3, 0.4) is 0 Å². The van der Waals surface area contributed by atoms with E-state index in [1.165, 1.54) is 5.56 Å². The summed E-state index contributed by atoms with van der Waals surface area (Å²) < 4.78 is 5.63. The zero-order chi connectivity index (χ0) is 22.9. The number of phenols is 1. The van der Waals surface area contributed by atoms with Gasteiger partial charge in [-0.1, -0.05) is 36.4 Å². The van der Waals surface area contributed by atoms with E-state index < -0.39 is 6.04 Å². The molecule has 0 aromatic heterocycles. The molecule has 2 heterocycles. The van der Waals surface area contributed by atoms with Gasteiger partial charge in [0.05, 0.1) is 12.2 Å². The highest BCUT2D eigenvalue weighted by molar-refractivity contribution is 6.05. The van der Waals surface area contributed by atoms with Crippen molar-refractivity contribution in [1.82, 2.24) is 9.80 Å². The molecule has 0 spiro atoms. The number of carbonyl (C=O) groups is 2. The third-order valence-electron chi connectivity index (χ3n) is 6.74. The fraction of sp³-hybridized carbons (Fsp3) is 0.333. The first-order valence-electron chi connectivity index (χ1n) is 11.6. The highest BCUT2D eigenvalue weighted by Gasteiger charge is 2.38. The summed E-state index contributed by atoms with van der Waals surface area (Å²) in [4.78, 5) is 30.4. The Bertz CT molecular complexity index is 1220. The molecular weight excluding hydrogens is 416 g/mol. The van der Waals surface area contributed by atoms with Crippen molar-refractivity contribution < 1.29 is 19.4 Å². The lowest BCUT2D eigenvalue weighted by atomic mass is 9.98. The molecule has 3 aromatic carbocycles. The number of ether oxygens (including phenoxy) is 1. The second-order valence-corrected chi connectivity index (χ2v) is 8.71. The first-order valence-corrected chi connectivity index (χ1v) is 11.6. The van der Waals surface area contributed by atoms with Gasteiger partial charge in [0, 0.05) is 25.0 Å². The lowest BCUT2D eigenvalue weighted by molar-refractivity contribution is -0.136. The molecule has 6 nitrogen and oxygen atoms in total. The zero-order valence-corrected chi connectivity index (χ0v) is 18.8. The Labute approximate surface area is 193 Å². The fourth-order valence-corrected chi connectivity index (χ4v) is 5.04. The largest absolute Gasteiger partial charge is 0.506 e. The van der Waals surface area contributed by atoms with E-state index in [2.05, 4.69) is 6.07 Å². The van der Waals surface area contributed by atoms with Gasteiger partial charge < -0.3 is 19.6 Å². The molecule has 2 aliphatic heterocycles. The van der Waals surface area contributed by atoms with Crippen molar-refractivity contribution in [2.75, 3.05) is 19.7 Å². The summed E-state index contributed by atoms with van der Waals surface area (Å²) in [5, 5.41) is 12.3. The number of carbonyl (C=O) groups excluding carboxylic acids is 2. The summed E-state index contributed by atoms with van der Waals surface area (Å²) in [6.07, 6.45) is 2.20. The van der Waals surface area contributed by atoms with Crippen molar-refractivity contribution in [3.05, 3.63) is 71.3 Å². The number of aromatic hydroxyl groups is 1. The van der Waals surface area contributed by atoms with E-state index in [0.717, 1.165) is 29.5 Å². The van der Waals surface area contributed by atoms with Gasteiger partial charge in [0.2, 0.25) is 5.91 Å². The molecule has 5 rings (SSSR count). The van der Waals surface area contributed by atoms with Crippen LogP contribution in [0, 0.1) is 0 Å². The fourth-order valence-electron chi connectivity index (χ4n) is 5.04. The summed E-state index contributed by atoms with van der Waals surface area (Å²) in [7, 11) is 0. The maximum absolute atomic E-state index is 13.5. The van der Waals surface area contributed by atoms with Gasteiger partial charge in [-0.25, -0.2) is 0 Å². The topological polar surface area (TPSA) is 70.1 Å². The molecule has 2 aliphatic rings. The molecule has 0 bridgehead atoms. The minimum Gasteiger partial charge on any atom is -0.506 e. The van der Waals surface area contributed by atoms with Gasteiger partial charge in [-0.15, -0.1) is 0 Å². The van der Waals surface area contributed by atoms with Gasteiger partial charge in [0.1, 0.15) is 17.5 Å². The molecular formula is C27H28N2O4. The maximum Gasteiger partial charge on any atom is 0.258 e. The predicted octanol–water partition coefficient (Wildman–Crippen LogP) is 4.13. The number of hydrogen-bond donors (Lipinski definition) is 1. The molecule has 0 radical (unpaired) electrons. The van der Waals surface area contributed by atoms with Gasteiger partial charge in [-0.05, 0) is 60.9 Å². The number of hydrogen-bond acceptors (Lipinski definition) is 4. The van der Waals surface area contributed by atoms with E-state index in [1.807, 2.05) is 48.2 Å². The smallest absolute Gasteiger partial charge is 0.258 e. The molecule has 0 aliphatic carbocycles. The minimum absolute atomic E-state index is 0.0198. The van der Waals surface area contributed by atoms with Gasteiger partial charge in [0.25, 0.3) is 5.91 Å². The molecule has 1 unspecified atom stereocenters. The molecule has 1 fully saturated rings. The Morgan fingerprint density at radius 3 is 2.76 bits per heavy atom. The molecule has 1 N–H and O–H groups in total. The number of benzene rings is 3. The second kappa shape index (κ2) is 8.77. The molecule has 170 valence electrons. The van der Waals surface area contributed by atoms with Crippen LogP contribution in [-0.2, 0) is 17.8 Å². The number of nitrogens with zero attached hydrogens (tertiary/aromatic N) is 2. The van der Waals surface area contributed by atoms with Gasteiger partial charge in [-0.2, -0.15) is 0 Å². The lowest BCUT2D eigenvalue weighted by Crippen LogP contribution is -2.49. The molecule has 0 saturated carbocycles. The van der Waals surface area contributed by atoms with Crippen LogP contribution in [0.2, 0.25) is 0 Å². The van der Waals surface area contributed by atoms with Crippen molar-refractivity contribution in [2.45, 2.75) is 38.8 Å². The van der Waals surface area contributed by atoms with Crippen LogP contribution in [-0.4, -0.2) is 52.5 Å². The summed E-state index contributed by atoms with van der Waals surface area (Å²) in [6, 6.07) is 16.5. The Morgan fingerprint density at radius 2 is 1.91 bits per heavy atom. The number of rotatable bonds is 4. The maximum atomic E-state index is 13.5. The number of amides is 2. The van der Waals surface area contributed by atoms with E-state index in [-0.39, 0.29) is 23.1 Å². The third-order valence-corrected chi connectivity index (χ3v) is 6.74. The molecule has 1 saturated heterocycles. The van der Waals surface area contributed by atoms with Crippen molar-refractivity contribution >= 4 is 22.6 Å². The SMILES string of the molecule is CCOc1ccc2c(c1)CN(C(=O)C1CCCN1C(=O)c1ccc3ccccc3c1O)CC2. The zero-order valence-electron chi connectivity index (χ0n) is 18.8. The summed E-state index contributed by atoms with van der Waals surface area (Å²) in [5.74, 6) is 0.486. The highest BCUT2D eigenvalue weighted by Crippen LogP contribution is 2.32. The average Bonchev–Trinajstić information content (AvgIpc) is 3.33. The average molecular weight is 445 g/mol. The number of likely N-dealkylation sites (tertiary alicyclic amines) is 1. The minimum atomic E-state index is -0.500. The first-order chi connectivity index (χ1) is 16.1. The van der Waals surface area contributed by atoms with E-state index in [1.54, 1.807) is 17.0 Å². The molecule has 3 aromatic rings. The molecule has 33 heavy (non-hydrogen) atoms. The van der Waals surface area contributed by atoms with Gasteiger partial charge in [0.15, 0.2) is 0 Å². The van der Waals surface area contributed by atoms with Crippen LogP contribution in [0.15, 0.2) is 54.6 Å². The van der Waals surface area contributed by atoms with E-state index in [9.17, 15) is 14.7 Å². The summed E-state index contributed by atoms with van der Waals surface area (Å²) in [6.45, 7) is 4.23. The molecule has 6 heteroatoms. The Balaban J connectivity index is 1.37. The predicted molar refractivity (Wildman–Crippen MR) is 126 cm³/mol. The van der Waals surface area contributed by atoms with Crippen LogP contribution in [0.4, 0.5) is 0 Å². The van der Waals surface area contributed by atoms with E-state index in [0.29, 0.717) is 38.0 Å². The van der Waals surface area contributed by atoms with Crippen molar-refractivity contribution in [3.63, 3.8) is 0 Å². The van der Waals surface area contributed by atoms with Crippen LogP contribution in [0.25, 0.3) is 10.8 Å². The Morgan fingerprint density at radius 1 is 1.06 bits per heavy atom. The normalized spacial score (nSPS) is 17.8. The third kappa shape index (κ3) is 3.90. The van der Waals surface area contributed by atoms with Crippen LogP contribution < -0.4 is 4.74 Å². The Kier molecular flexibility index (Phi) is 5.67. The lowest BCUT2D eigenvalue weighted by Gasteiger charge is -2.34. The van der Waals surface area contributed by atoms with Crippen molar-refractivity contribution in [2.24, 2.45) is 0 Å². The molecule has 2 amide bonds. The van der Waals surface area contributed by atoms with Crippen LogP contribution >= 0.6 is 0 Å². The van der Waals surface area contributed by atoms with Gasteiger partial charge in [-0.3, -0.25) is 9.59 Å². The quantitative estimate of drug-likeness (QED) is 0.657. The van der Waals surface area contributed by atoms with E-state index in [4.69, 9.17) is 4.74 Å². The van der Waals surface area contributed by atoms with Gasteiger partial charge >= 0.3 is 0 Å². The monoisotopic (exact) mass is 444 g/mol. The van der Waals surface area contributed by atoms with Crippen molar-refractivity contribution in [1.29, 1.82) is 0 Å². The van der Waals surface area contributed by atoms with E-state index >= 15 is 0 Å². The number of fused-ring (bicyclic) bond motifs is 2. The Hall–Kier alpha value is -3.54. The number of phenolic OH excluding ortho intramolecular Hbond substituents is 1. The highest BCUT2D eigenvalue weighted by atomic mass is 16.5. The summed E-state index contributed by atoms with van der Waals surface area (Å²) in [5.41, 5.74) is 2.59. The standard InChI is InChI=1S/C27H28N2O4/c1-2-33-21-11-9-18-13-15-28(17-20(18)16-21)27(32)24-8-5-14-29(24)26(31)23-12-10-19-6-3-4-7-22(19)25(23)30/h3-4,6-7,9-12,16,24,30H,2,5,8,13-15,17H2,1H3. The molecule has 1 atom stereocenters. The van der Waals surface area contributed by atoms with Crippen molar-refractivity contribution in [3.8, 4) is 11.5 Å². The van der Waals surface area contributed by atoms with Crippen LogP contribution in [0.5, 0.6) is 11.5 Å². The van der Waals surface area contributed by atoms with Crippen LogP contribution in [0.1, 0.15) is 41.3 Å². The second-order valence-electron chi connectivity index (χ2n) is 8.71.